The molecule has 0 fully saturated rings. The lowest BCUT2D eigenvalue weighted by molar-refractivity contribution is -0.108. The summed E-state index contributed by atoms with van der Waals surface area (Å²) < 4.78 is 1.04. The Labute approximate surface area is 85.7 Å². The first-order valence-corrected chi connectivity index (χ1v) is 4.97. The maximum Gasteiger partial charge on any atom is 0.129 e. The van der Waals surface area contributed by atoms with Gasteiger partial charge in [-0.3, -0.25) is 0 Å². The fraction of sp³-hybridized carbons (Fsp3) is 0.300. The first-order valence-electron chi connectivity index (χ1n) is 4.18. The fourth-order valence-electron chi connectivity index (χ4n) is 1.78. The van der Waals surface area contributed by atoms with Crippen molar-refractivity contribution in [1.29, 1.82) is 0 Å². The minimum Gasteiger partial charge on any atom is -0.373 e. The third kappa shape index (κ3) is 1.37. The van der Waals surface area contributed by atoms with Gasteiger partial charge in [0.1, 0.15) is 6.29 Å². The van der Waals surface area contributed by atoms with E-state index in [1.54, 1.807) is 0 Å². The van der Waals surface area contributed by atoms with E-state index in [0.717, 1.165) is 22.9 Å². The molecule has 0 radical (unpaired) electrons. The number of halogens is 1. The van der Waals surface area contributed by atoms with Crippen LogP contribution in [0.25, 0.3) is 0 Å². The summed E-state index contributed by atoms with van der Waals surface area (Å²) in [5.41, 5.74) is 2.30. The maximum absolute atomic E-state index is 10.8. The van der Waals surface area contributed by atoms with Crippen LogP contribution in [0.4, 0.5) is 5.69 Å². The molecule has 68 valence electrons. The number of hydrogen-bond acceptors (Lipinski definition) is 2. The number of benzene rings is 1. The smallest absolute Gasteiger partial charge is 0.129 e. The molecule has 0 saturated heterocycles. The summed E-state index contributed by atoms with van der Waals surface area (Å²) in [6.07, 6.45) is 1.02. The van der Waals surface area contributed by atoms with Crippen LogP contribution in [0.2, 0.25) is 0 Å². The zero-order valence-corrected chi connectivity index (χ0v) is 8.91. The first-order chi connectivity index (χ1) is 6.22. The van der Waals surface area contributed by atoms with Gasteiger partial charge in [-0.15, -0.1) is 0 Å². The van der Waals surface area contributed by atoms with Crippen molar-refractivity contribution in [2.45, 2.75) is 5.92 Å². The van der Waals surface area contributed by atoms with Gasteiger partial charge >= 0.3 is 0 Å². The summed E-state index contributed by atoms with van der Waals surface area (Å²) in [5.74, 6) is 0.0394. The number of fused-ring (bicyclic) bond motifs is 1. The number of aldehydes is 1. The van der Waals surface area contributed by atoms with Gasteiger partial charge in [0, 0.05) is 23.8 Å². The standard InChI is InChI=1S/C10H10BrNO/c1-12-5-7(6-13)9-4-8(11)2-3-10(9)12/h2-4,6-7H,5H2,1H3. The van der Waals surface area contributed by atoms with E-state index in [-0.39, 0.29) is 5.92 Å². The predicted molar refractivity (Wildman–Crippen MR) is 56.2 cm³/mol. The molecule has 1 heterocycles. The van der Waals surface area contributed by atoms with Gasteiger partial charge in [-0.05, 0) is 23.8 Å². The quantitative estimate of drug-likeness (QED) is 0.701. The van der Waals surface area contributed by atoms with E-state index in [1.807, 2.05) is 25.2 Å². The fourth-order valence-corrected chi connectivity index (χ4v) is 2.16. The molecule has 0 N–H and O–H groups in total. The molecule has 0 aliphatic carbocycles. The van der Waals surface area contributed by atoms with Gasteiger partial charge in [0.05, 0.1) is 5.92 Å². The van der Waals surface area contributed by atoms with Gasteiger partial charge in [0.2, 0.25) is 0 Å². The van der Waals surface area contributed by atoms with Crippen LogP contribution in [0.3, 0.4) is 0 Å². The Morgan fingerprint density at radius 1 is 1.62 bits per heavy atom. The van der Waals surface area contributed by atoms with Crippen LogP contribution in [0.15, 0.2) is 22.7 Å². The minimum absolute atomic E-state index is 0.0394. The molecule has 1 aromatic rings. The second-order valence-corrected chi connectivity index (χ2v) is 4.24. The van der Waals surface area contributed by atoms with E-state index in [0.29, 0.717) is 0 Å². The molecule has 1 aliphatic rings. The normalized spacial score (nSPS) is 20.2. The first kappa shape index (κ1) is 8.75. The zero-order chi connectivity index (χ0) is 9.42. The van der Waals surface area contributed by atoms with Crippen molar-refractivity contribution >= 4 is 27.9 Å². The zero-order valence-electron chi connectivity index (χ0n) is 7.33. The predicted octanol–water partition coefficient (Wildman–Crippen LogP) is 2.18. The van der Waals surface area contributed by atoms with E-state index in [2.05, 4.69) is 20.8 Å². The monoisotopic (exact) mass is 239 g/mol. The van der Waals surface area contributed by atoms with Crippen molar-refractivity contribution in [2.75, 3.05) is 18.5 Å². The van der Waals surface area contributed by atoms with E-state index in [9.17, 15) is 4.79 Å². The molecule has 0 aromatic heterocycles. The molecule has 3 heteroatoms. The Morgan fingerprint density at radius 2 is 2.38 bits per heavy atom. The van der Waals surface area contributed by atoms with E-state index in [4.69, 9.17) is 0 Å². The largest absolute Gasteiger partial charge is 0.373 e. The number of nitrogens with zero attached hydrogens (tertiary/aromatic N) is 1. The summed E-state index contributed by atoms with van der Waals surface area (Å²) in [4.78, 5) is 12.9. The van der Waals surface area contributed by atoms with Crippen molar-refractivity contribution in [3.63, 3.8) is 0 Å². The van der Waals surface area contributed by atoms with Gasteiger partial charge in [-0.2, -0.15) is 0 Å². The Kier molecular flexibility index (Phi) is 2.12. The topological polar surface area (TPSA) is 20.3 Å². The molecule has 1 aliphatic heterocycles. The summed E-state index contributed by atoms with van der Waals surface area (Å²) in [7, 11) is 2.01. The lowest BCUT2D eigenvalue weighted by atomic mass is 10.0. The van der Waals surface area contributed by atoms with Crippen LogP contribution in [0, 0.1) is 0 Å². The molecule has 2 nitrogen and oxygen atoms in total. The third-order valence-electron chi connectivity index (χ3n) is 2.44. The van der Waals surface area contributed by atoms with Gasteiger partial charge in [-0.25, -0.2) is 0 Å². The number of anilines is 1. The summed E-state index contributed by atoms with van der Waals surface area (Å²) in [6.45, 7) is 0.801. The average molecular weight is 240 g/mol. The summed E-state index contributed by atoms with van der Waals surface area (Å²) in [6, 6.07) is 6.07. The van der Waals surface area contributed by atoms with Gasteiger partial charge in [-0.1, -0.05) is 15.9 Å². The number of rotatable bonds is 1. The highest BCUT2D eigenvalue weighted by Crippen LogP contribution is 2.35. The molecule has 1 atom stereocenters. The highest BCUT2D eigenvalue weighted by Gasteiger charge is 2.25. The van der Waals surface area contributed by atoms with Crippen molar-refractivity contribution in [2.24, 2.45) is 0 Å². The van der Waals surface area contributed by atoms with Crippen LogP contribution >= 0.6 is 15.9 Å². The van der Waals surface area contributed by atoms with E-state index >= 15 is 0 Å². The van der Waals surface area contributed by atoms with Gasteiger partial charge in [0.25, 0.3) is 0 Å². The Bertz CT molecular complexity index is 351. The molecular formula is C10H10BrNO. The third-order valence-corrected chi connectivity index (χ3v) is 2.93. The maximum atomic E-state index is 10.8. The number of hydrogen-bond donors (Lipinski definition) is 0. The van der Waals surface area contributed by atoms with Crippen molar-refractivity contribution in [3.8, 4) is 0 Å². The van der Waals surface area contributed by atoms with Crippen LogP contribution < -0.4 is 4.90 Å². The Balaban J connectivity index is 2.52. The molecule has 0 amide bonds. The second kappa shape index (κ2) is 3.14. The van der Waals surface area contributed by atoms with E-state index in [1.165, 1.54) is 5.69 Å². The highest BCUT2D eigenvalue weighted by molar-refractivity contribution is 9.10. The highest BCUT2D eigenvalue weighted by atomic mass is 79.9. The summed E-state index contributed by atoms with van der Waals surface area (Å²) >= 11 is 3.41. The van der Waals surface area contributed by atoms with E-state index < -0.39 is 0 Å². The molecule has 2 rings (SSSR count). The SMILES string of the molecule is CN1CC(C=O)c2cc(Br)ccc21. The summed E-state index contributed by atoms with van der Waals surface area (Å²) in [5, 5.41) is 0. The second-order valence-electron chi connectivity index (χ2n) is 3.33. The average Bonchev–Trinajstić information content (AvgIpc) is 2.42. The Morgan fingerprint density at radius 3 is 3.08 bits per heavy atom. The molecule has 1 aromatic carbocycles. The van der Waals surface area contributed by atoms with Crippen LogP contribution in [0.1, 0.15) is 11.5 Å². The number of carbonyl (C=O) groups is 1. The molecule has 1 unspecified atom stereocenters. The molecule has 0 bridgehead atoms. The van der Waals surface area contributed by atoms with Gasteiger partial charge < -0.3 is 9.69 Å². The lowest BCUT2D eigenvalue weighted by Gasteiger charge is -2.10. The van der Waals surface area contributed by atoms with Crippen molar-refractivity contribution < 1.29 is 4.79 Å². The lowest BCUT2D eigenvalue weighted by Crippen LogP contribution is -2.15. The number of likely N-dealkylation sites (N-methyl/N-ethyl adjacent to an activating group) is 1. The van der Waals surface area contributed by atoms with Crippen molar-refractivity contribution in [1.82, 2.24) is 0 Å². The minimum atomic E-state index is 0.0394. The Hall–Kier alpha value is -0.830. The van der Waals surface area contributed by atoms with Crippen LogP contribution in [0.5, 0.6) is 0 Å². The molecule has 0 saturated carbocycles. The van der Waals surface area contributed by atoms with Gasteiger partial charge in [0.15, 0.2) is 0 Å². The molecular weight excluding hydrogens is 230 g/mol. The molecule has 13 heavy (non-hydrogen) atoms. The van der Waals surface area contributed by atoms with Crippen molar-refractivity contribution in [3.05, 3.63) is 28.2 Å². The molecule has 0 spiro atoms. The van der Waals surface area contributed by atoms with Crippen LogP contribution in [-0.2, 0) is 4.79 Å². The number of carbonyl (C=O) groups excluding carboxylic acids is 1. The van der Waals surface area contributed by atoms with Crippen LogP contribution in [-0.4, -0.2) is 19.9 Å².